The Balaban J connectivity index is 0.934. The standard InChI is InChI=1S/C35H38Cl2N8O4/c1-24(2)45-34(46)44(25(3)40-45)29-7-5-27(6-8-29)41-14-16-42(17-15-41)28-9-11-30(12-10-28)47-19-31-20-48-35(49-31,21-43-23-38-22-39-43)32-13-4-26(36)18-33(32)37/h4-13,18,22-24,31H,14-17,19-21H2,1-3H3/t31-,35?/m1/s1. The van der Waals surface area contributed by atoms with E-state index in [-0.39, 0.29) is 24.4 Å². The van der Waals surface area contributed by atoms with E-state index in [1.807, 2.05) is 51.1 Å². The van der Waals surface area contributed by atoms with Crippen molar-refractivity contribution in [2.75, 3.05) is 49.2 Å². The number of nitrogens with zero attached hydrogens (tertiary/aromatic N) is 8. The van der Waals surface area contributed by atoms with E-state index < -0.39 is 5.79 Å². The second kappa shape index (κ2) is 13.9. The molecule has 0 aliphatic carbocycles. The van der Waals surface area contributed by atoms with Crippen LogP contribution in [0, 0.1) is 6.92 Å². The van der Waals surface area contributed by atoms with Crippen LogP contribution in [-0.2, 0) is 21.8 Å². The summed E-state index contributed by atoms with van der Waals surface area (Å²) in [6.07, 6.45) is 2.74. The van der Waals surface area contributed by atoms with Crippen molar-refractivity contribution in [1.82, 2.24) is 29.1 Å². The van der Waals surface area contributed by atoms with Gasteiger partial charge in [0.15, 0.2) is 0 Å². The maximum Gasteiger partial charge on any atom is 0.350 e. The quantitative estimate of drug-likeness (QED) is 0.187. The number of hydrogen-bond donors (Lipinski definition) is 0. The smallest absolute Gasteiger partial charge is 0.350 e. The second-order valence-electron chi connectivity index (χ2n) is 12.5. The van der Waals surface area contributed by atoms with Crippen LogP contribution in [0.25, 0.3) is 5.69 Å². The zero-order valence-electron chi connectivity index (χ0n) is 27.6. The Hall–Kier alpha value is -4.36. The van der Waals surface area contributed by atoms with E-state index in [9.17, 15) is 4.79 Å². The van der Waals surface area contributed by atoms with Crippen LogP contribution in [0.2, 0.25) is 10.0 Å². The molecule has 4 heterocycles. The van der Waals surface area contributed by atoms with Gasteiger partial charge in [-0.2, -0.15) is 10.2 Å². The number of ether oxygens (including phenoxy) is 3. The number of halogens is 2. The van der Waals surface area contributed by atoms with Crippen molar-refractivity contribution >= 4 is 34.6 Å². The lowest BCUT2D eigenvalue weighted by Gasteiger charge is -2.37. The minimum atomic E-state index is -1.16. The van der Waals surface area contributed by atoms with Crippen LogP contribution in [0.1, 0.15) is 31.3 Å². The van der Waals surface area contributed by atoms with Crippen LogP contribution >= 0.6 is 23.2 Å². The summed E-state index contributed by atoms with van der Waals surface area (Å²) >= 11 is 12.7. The fourth-order valence-electron chi connectivity index (χ4n) is 6.38. The van der Waals surface area contributed by atoms with Gasteiger partial charge in [-0.3, -0.25) is 0 Å². The molecule has 5 aromatic rings. The van der Waals surface area contributed by atoms with E-state index >= 15 is 0 Å². The maximum atomic E-state index is 12.9. The number of rotatable bonds is 10. The molecule has 12 nitrogen and oxygen atoms in total. The molecule has 0 spiro atoms. The minimum absolute atomic E-state index is 0.00772. The highest BCUT2D eigenvalue weighted by Gasteiger charge is 2.45. The van der Waals surface area contributed by atoms with Crippen LogP contribution in [0.3, 0.4) is 0 Å². The maximum absolute atomic E-state index is 12.9. The number of piperazine rings is 1. The van der Waals surface area contributed by atoms with E-state index in [0.29, 0.717) is 34.6 Å². The Morgan fingerprint density at radius 1 is 0.939 bits per heavy atom. The van der Waals surface area contributed by atoms with E-state index in [2.05, 4.69) is 49.2 Å². The molecular weight excluding hydrogens is 667 g/mol. The summed E-state index contributed by atoms with van der Waals surface area (Å²) in [4.78, 5) is 21.7. The van der Waals surface area contributed by atoms with Gasteiger partial charge >= 0.3 is 5.69 Å². The highest BCUT2D eigenvalue weighted by Crippen LogP contribution is 2.40. The van der Waals surface area contributed by atoms with Gasteiger partial charge in [-0.25, -0.2) is 23.7 Å². The van der Waals surface area contributed by atoms with Crippen molar-refractivity contribution in [3.63, 3.8) is 0 Å². The summed E-state index contributed by atoms with van der Waals surface area (Å²) < 4.78 is 23.7. The van der Waals surface area contributed by atoms with E-state index in [4.69, 9.17) is 37.4 Å². The Morgan fingerprint density at radius 3 is 2.18 bits per heavy atom. The molecule has 0 amide bonds. The third-order valence-corrected chi connectivity index (χ3v) is 9.43. The average molecular weight is 706 g/mol. The Morgan fingerprint density at radius 2 is 1.59 bits per heavy atom. The summed E-state index contributed by atoms with van der Waals surface area (Å²) in [5.74, 6) is 0.268. The molecule has 0 bridgehead atoms. The molecule has 49 heavy (non-hydrogen) atoms. The first-order chi connectivity index (χ1) is 23.7. The van der Waals surface area contributed by atoms with Crippen LogP contribution in [0.15, 0.2) is 84.2 Å². The topological polar surface area (TPSA) is 105 Å². The lowest BCUT2D eigenvalue weighted by atomic mass is 10.1. The first kappa shape index (κ1) is 33.2. The lowest BCUT2D eigenvalue weighted by Crippen LogP contribution is -2.46. The monoisotopic (exact) mass is 704 g/mol. The second-order valence-corrected chi connectivity index (χ2v) is 13.4. The number of hydrogen-bond acceptors (Lipinski definition) is 9. The van der Waals surface area contributed by atoms with Gasteiger partial charge < -0.3 is 24.0 Å². The molecule has 1 unspecified atom stereocenters. The third-order valence-electron chi connectivity index (χ3n) is 8.88. The van der Waals surface area contributed by atoms with Crippen LogP contribution < -0.4 is 20.2 Å². The first-order valence-corrected chi connectivity index (χ1v) is 17.1. The molecule has 2 fully saturated rings. The molecule has 2 aromatic heterocycles. The highest BCUT2D eigenvalue weighted by molar-refractivity contribution is 6.35. The largest absolute Gasteiger partial charge is 0.491 e. The molecule has 2 atom stereocenters. The first-order valence-electron chi connectivity index (χ1n) is 16.3. The summed E-state index contributed by atoms with van der Waals surface area (Å²) in [5, 5.41) is 9.63. The molecule has 7 rings (SSSR count). The highest BCUT2D eigenvalue weighted by atomic mass is 35.5. The molecule has 256 valence electrons. The molecule has 0 N–H and O–H groups in total. The van der Waals surface area contributed by atoms with Gasteiger partial charge in [0.2, 0.25) is 5.79 Å². The van der Waals surface area contributed by atoms with Crippen molar-refractivity contribution in [1.29, 1.82) is 0 Å². The van der Waals surface area contributed by atoms with E-state index in [1.54, 1.807) is 27.7 Å². The van der Waals surface area contributed by atoms with Crippen molar-refractivity contribution in [3.05, 3.63) is 111 Å². The van der Waals surface area contributed by atoms with E-state index in [0.717, 1.165) is 49.0 Å². The summed E-state index contributed by atoms with van der Waals surface area (Å²) in [7, 11) is 0. The van der Waals surface area contributed by atoms with Crippen LogP contribution in [0.5, 0.6) is 5.75 Å². The molecule has 2 saturated heterocycles. The van der Waals surface area contributed by atoms with Crippen LogP contribution in [0.4, 0.5) is 11.4 Å². The number of anilines is 2. The number of aryl methyl sites for hydroxylation is 1. The summed E-state index contributed by atoms with van der Waals surface area (Å²) in [6.45, 7) is 10.2. The predicted octanol–water partition coefficient (Wildman–Crippen LogP) is 5.50. The van der Waals surface area contributed by atoms with Gasteiger partial charge in [0, 0.05) is 48.1 Å². The van der Waals surface area contributed by atoms with Gasteiger partial charge in [0.25, 0.3) is 0 Å². The van der Waals surface area contributed by atoms with Crippen molar-refractivity contribution in [2.45, 2.75) is 45.2 Å². The minimum Gasteiger partial charge on any atom is -0.491 e. The van der Waals surface area contributed by atoms with Crippen molar-refractivity contribution in [3.8, 4) is 11.4 Å². The molecular formula is C35H38Cl2N8O4. The predicted molar refractivity (Wildman–Crippen MR) is 188 cm³/mol. The van der Waals surface area contributed by atoms with Gasteiger partial charge in [-0.05, 0) is 81.4 Å². The van der Waals surface area contributed by atoms with Gasteiger partial charge in [0.05, 0.1) is 23.4 Å². The van der Waals surface area contributed by atoms with Gasteiger partial charge in [0.1, 0.15) is 43.5 Å². The SMILES string of the molecule is Cc1nn(C(C)C)c(=O)n1-c1ccc(N2CCN(c3ccc(OC[C@@H]4COC(Cn5cncn5)(c5ccc(Cl)cc5Cl)O4)cc3)CC2)cc1. The average Bonchev–Trinajstić information content (AvgIpc) is 3.84. The van der Waals surface area contributed by atoms with Crippen molar-refractivity contribution < 1.29 is 14.2 Å². The van der Waals surface area contributed by atoms with Crippen molar-refractivity contribution in [2.24, 2.45) is 0 Å². The Labute approximate surface area is 294 Å². The van der Waals surface area contributed by atoms with Gasteiger partial charge in [-0.15, -0.1) is 0 Å². The molecule has 14 heteroatoms. The summed E-state index contributed by atoms with van der Waals surface area (Å²) in [5.41, 5.74) is 3.65. The number of aromatic nitrogens is 6. The normalized spacial score (nSPS) is 19.6. The molecule has 0 radical (unpaired) electrons. The number of benzene rings is 3. The van der Waals surface area contributed by atoms with E-state index in [1.165, 1.54) is 11.0 Å². The molecule has 0 saturated carbocycles. The Kier molecular flexibility index (Phi) is 9.38. The fourth-order valence-corrected chi connectivity index (χ4v) is 6.93. The van der Waals surface area contributed by atoms with Crippen LogP contribution in [-0.4, -0.2) is 74.6 Å². The molecule has 2 aliphatic rings. The molecule has 3 aromatic carbocycles. The lowest BCUT2D eigenvalue weighted by molar-refractivity contribution is -0.190. The Bertz CT molecular complexity index is 1940. The van der Waals surface area contributed by atoms with Gasteiger partial charge in [-0.1, -0.05) is 29.3 Å². The third kappa shape index (κ3) is 6.91. The molecule has 2 aliphatic heterocycles. The zero-order valence-corrected chi connectivity index (χ0v) is 29.1. The fraction of sp³-hybridized carbons (Fsp3) is 0.371. The summed E-state index contributed by atoms with van der Waals surface area (Å²) in [6, 6.07) is 21.6. The zero-order chi connectivity index (χ0) is 34.1.